The van der Waals surface area contributed by atoms with Crippen LogP contribution in [0.25, 0.3) is 32.3 Å². The molecule has 29 heavy (non-hydrogen) atoms. The maximum atomic E-state index is 8.95. The summed E-state index contributed by atoms with van der Waals surface area (Å²) in [5.74, 6) is 0.639. The normalized spacial score (nSPS) is 15.0. The van der Waals surface area contributed by atoms with E-state index in [0.29, 0.717) is 12.5 Å². The number of nitrogens with zero attached hydrogens (tertiary/aromatic N) is 4. The molecule has 0 aromatic heterocycles. The third-order valence-corrected chi connectivity index (χ3v) is 6.29. The Balaban J connectivity index is 2.12. The second kappa shape index (κ2) is 7.57. The Morgan fingerprint density at radius 2 is 1.79 bits per heavy atom. The molecular weight excluding hydrogens is 427 g/mol. The molecule has 1 heterocycles. The standard InChI is InChI=1S/C23H22N4OSe/c1-14-9-15(2)11-17(10-14)20-18-8-6-5-7-16(18)12-19(29-27-26-24)21(20)22-25-23(3,4)13-28-22/h5-12H,13H2,1-4H3. The van der Waals surface area contributed by atoms with Crippen molar-refractivity contribution in [1.29, 1.82) is 0 Å². The number of benzene rings is 3. The van der Waals surface area contributed by atoms with Crippen LogP contribution in [0, 0.1) is 13.8 Å². The molecule has 1 aliphatic rings. The molecule has 0 fully saturated rings. The van der Waals surface area contributed by atoms with E-state index in [2.05, 4.69) is 79.2 Å². The summed E-state index contributed by atoms with van der Waals surface area (Å²) in [5.41, 5.74) is 14.3. The Morgan fingerprint density at radius 3 is 2.45 bits per heavy atom. The molecule has 3 aromatic rings. The van der Waals surface area contributed by atoms with Gasteiger partial charge in [-0.05, 0) is 0 Å². The van der Waals surface area contributed by atoms with Crippen molar-refractivity contribution in [3.05, 3.63) is 75.7 Å². The van der Waals surface area contributed by atoms with E-state index in [4.69, 9.17) is 15.3 Å². The van der Waals surface area contributed by atoms with Crippen LogP contribution in [0.4, 0.5) is 0 Å². The number of azide groups is 1. The van der Waals surface area contributed by atoms with E-state index in [0.717, 1.165) is 31.9 Å². The monoisotopic (exact) mass is 450 g/mol. The Bertz CT molecular complexity index is 1170. The van der Waals surface area contributed by atoms with Gasteiger partial charge in [0.05, 0.1) is 0 Å². The zero-order chi connectivity index (χ0) is 20.6. The molecule has 0 amide bonds. The van der Waals surface area contributed by atoms with Crippen molar-refractivity contribution >= 4 is 36.3 Å². The van der Waals surface area contributed by atoms with Crippen LogP contribution >= 0.6 is 0 Å². The summed E-state index contributed by atoms with van der Waals surface area (Å²) < 4.78 is 11.0. The third-order valence-electron chi connectivity index (χ3n) is 4.88. The fourth-order valence-electron chi connectivity index (χ4n) is 3.80. The quantitative estimate of drug-likeness (QED) is 0.233. The molecule has 1 aliphatic heterocycles. The molecule has 0 atom stereocenters. The molecule has 0 saturated heterocycles. The Labute approximate surface area is 176 Å². The van der Waals surface area contributed by atoms with Crippen molar-refractivity contribution in [1.82, 2.24) is 0 Å². The molecule has 4 rings (SSSR count). The number of hydrogen-bond donors (Lipinski definition) is 0. The molecular formula is C23H22N4OSe. The van der Waals surface area contributed by atoms with Gasteiger partial charge in [0.1, 0.15) is 0 Å². The van der Waals surface area contributed by atoms with Gasteiger partial charge in [-0.25, -0.2) is 0 Å². The van der Waals surface area contributed by atoms with Gasteiger partial charge < -0.3 is 0 Å². The van der Waals surface area contributed by atoms with E-state index in [9.17, 15) is 0 Å². The van der Waals surface area contributed by atoms with E-state index in [1.54, 1.807) is 0 Å². The SMILES string of the molecule is Cc1cc(C)cc(-c2c(C3=NC(C)(C)CO3)c([Se]N=[N+]=[N-])cc3ccccc23)c1. The first-order valence-electron chi connectivity index (χ1n) is 9.47. The van der Waals surface area contributed by atoms with Crippen LogP contribution in [0.3, 0.4) is 0 Å². The molecule has 6 heteroatoms. The van der Waals surface area contributed by atoms with Gasteiger partial charge in [0, 0.05) is 0 Å². The van der Waals surface area contributed by atoms with Gasteiger partial charge in [0.2, 0.25) is 0 Å². The average molecular weight is 449 g/mol. The predicted molar refractivity (Wildman–Crippen MR) is 120 cm³/mol. The number of ether oxygens (including phenoxy) is 1. The summed E-state index contributed by atoms with van der Waals surface area (Å²) in [4.78, 5) is 7.88. The van der Waals surface area contributed by atoms with E-state index in [1.807, 2.05) is 6.07 Å². The summed E-state index contributed by atoms with van der Waals surface area (Å²) in [7, 11) is 0. The Morgan fingerprint density at radius 1 is 1.07 bits per heavy atom. The van der Waals surface area contributed by atoms with E-state index in [1.165, 1.54) is 11.1 Å². The first kappa shape index (κ1) is 19.5. The van der Waals surface area contributed by atoms with Gasteiger partial charge in [0.15, 0.2) is 0 Å². The molecule has 0 N–H and O–H groups in total. The van der Waals surface area contributed by atoms with E-state index >= 15 is 0 Å². The van der Waals surface area contributed by atoms with Gasteiger partial charge in [-0.1, -0.05) is 0 Å². The number of fused-ring (bicyclic) bond motifs is 1. The molecule has 0 bridgehead atoms. The first-order valence-corrected chi connectivity index (χ1v) is 11.1. The molecule has 0 unspecified atom stereocenters. The summed E-state index contributed by atoms with van der Waals surface area (Å²) >= 11 is -0.402. The van der Waals surface area contributed by atoms with Crippen molar-refractivity contribution in [2.24, 2.45) is 9.12 Å². The van der Waals surface area contributed by atoms with Crippen LogP contribution < -0.4 is 4.46 Å². The topological polar surface area (TPSA) is 70.4 Å². The fraction of sp³-hybridized carbons (Fsp3) is 0.261. The maximum absolute atomic E-state index is 8.95. The number of aliphatic imine (C=N–C) groups is 1. The van der Waals surface area contributed by atoms with Crippen molar-refractivity contribution in [3.63, 3.8) is 0 Å². The molecule has 0 saturated carbocycles. The molecule has 0 aliphatic carbocycles. The second-order valence-electron chi connectivity index (χ2n) is 8.00. The van der Waals surface area contributed by atoms with Gasteiger partial charge in [-0.2, -0.15) is 0 Å². The van der Waals surface area contributed by atoms with Gasteiger partial charge in [0.25, 0.3) is 0 Å². The minimum atomic E-state index is -0.402. The number of hydrogen-bond acceptors (Lipinski definition) is 3. The molecule has 3 aromatic carbocycles. The Kier molecular flexibility index (Phi) is 5.10. The number of aryl methyl sites for hydroxylation is 2. The van der Waals surface area contributed by atoms with Crippen LogP contribution in [-0.4, -0.2) is 33.2 Å². The summed E-state index contributed by atoms with van der Waals surface area (Å²) in [5, 5.41) is 2.26. The van der Waals surface area contributed by atoms with Crippen molar-refractivity contribution in [3.8, 4) is 11.1 Å². The van der Waals surface area contributed by atoms with E-state index < -0.39 is 15.2 Å². The summed E-state index contributed by atoms with van der Waals surface area (Å²) in [6, 6.07) is 17.0. The zero-order valence-electron chi connectivity index (χ0n) is 16.9. The van der Waals surface area contributed by atoms with Crippen LogP contribution in [0.15, 0.2) is 57.7 Å². The third kappa shape index (κ3) is 3.88. The molecule has 146 valence electrons. The van der Waals surface area contributed by atoms with Gasteiger partial charge in [-0.15, -0.1) is 0 Å². The van der Waals surface area contributed by atoms with Crippen LogP contribution in [0.5, 0.6) is 0 Å². The van der Waals surface area contributed by atoms with Crippen molar-refractivity contribution < 1.29 is 4.74 Å². The zero-order valence-corrected chi connectivity index (χ0v) is 18.6. The first-order chi connectivity index (χ1) is 13.9. The van der Waals surface area contributed by atoms with Crippen LogP contribution in [-0.2, 0) is 4.74 Å². The van der Waals surface area contributed by atoms with Gasteiger partial charge >= 0.3 is 177 Å². The molecule has 5 nitrogen and oxygen atoms in total. The summed E-state index contributed by atoms with van der Waals surface area (Å²) in [6.07, 6.45) is 0. The van der Waals surface area contributed by atoms with Crippen molar-refractivity contribution in [2.45, 2.75) is 33.2 Å². The van der Waals surface area contributed by atoms with Gasteiger partial charge in [-0.3, -0.25) is 0 Å². The van der Waals surface area contributed by atoms with Crippen LogP contribution in [0.2, 0.25) is 0 Å². The molecule has 0 spiro atoms. The average Bonchev–Trinajstić information content (AvgIpc) is 3.03. The minimum absolute atomic E-state index is 0.274. The van der Waals surface area contributed by atoms with Crippen molar-refractivity contribution in [2.75, 3.05) is 6.61 Å². The fourth-order valence-corrected chi connectivity index (χ4v) is 5.03. The predicted octanol–water partition coefficient (Wildman–Crippen LogP) is 5.23. The second-order valence-corrected chi connectivity index (χ2v) is 9.65. The molecule has 0 radical (unpaired) electrons. The number of rotatable bonds is 4. The van der Waals surface area contributed by atoms with Crippen LogP contribution in [0.1, 0.15) is 30.5 Å². The van der Waals surface area contributed by atoms with E-state index in [-0.39, 0.29) is 5.54 Å². The Hall–Kier alpha value is -2.78. The summed E-state index contributed by atoms with van der Waals surface area (Å²) in [6.45, 7) is 8.89.